The van der Waals surface area contributed by atoms with Crippen LogP contribution in [-0.4, -0.2) is 25.4 Å². The number of amides is 1. The van der Waals surface area contributed by atoms with Crippen LogP contribution in [0.1, 0.15) is 0 Å². The predicted molar refractivity (Wildman–Crippen MR) is 71.6 cm³/mol. The Morgan fingerprint density at radius 2 is 1.06 bits per heavy atom. The van der Waals surface area contributed by atoms with Crippen molar-refractivity contribution in [1.82, 2.24) is 4.90 Å². The van der Waals surface area contributed by atoms with E-state index >= 15 is 0 Å². The third-order valence-electron chi connectivity index (χ3n) is 2.09. The lowest BCUT2D eigenvalue weighted by atomic mass is 10.1. The quantitative estimate of drug-likeness (QED) is 0.722. The van der Waals surface area contributed by atoms with E-state index in [1.165, 1.54) is 16.0 Å². The molecule has 0 N–H and O–H groups in total. The second kappa shape index (κ2) is 7.23. The number of hydrogen-bond acceptors (Lipinski definition) is 1. The normalized spacial score (nSPS) is 8.82. The molecule has 0 radical (unpaired) electrons. The molecule has 0 fully saturated rings. The summed E-state index contributed by atoms with van der Waals surface area (Å²) in [6.45, 7) is 0. The highest BCUT2D eigenvalue weighted by atomic mass is 16.1. The second-order valence-electron chi connectivity index (χ2n) is 3.80. The average molecular weight is 227 g/mol. The molecule has 0 aliphatic carbocycles. The fourth-order valence-corrected chi connectivity index (χ4v) is 1.26. The summed E-state index contributed by atoms with van der Waals surface area (Å²) >= 11 is 0. The zero-order chi connectivity index (χ0) is 12.5. The molecule has 0 saturated carbocycles. The van der Waals surface area contributed by atoms with Crippen molar-refractivity contribution < 1.29 is 4.79 Å². The van der Waals surface area contributed by atoms with E-state index in [1.54, 1.807) is 14.1 Å². The number of nitrogens with zero attached hydrogens (tertiary/aromatic N) is 1. The van der Waals surface area contributed by atoms with Gasteiger partial charge >= 0.3 is 0 Å². The molecule has 0 heterocycles. The van der Waals surface area contributed by atoms with Crippen LogP contribution in [0, 0.1) is 0 Å². The molecule has 0 aromatic heterocycles. The van der Waals surface area contributed by atoms with Crippen LogP contribution in [0.3, 0.4) is 0 Å². The molecule has 0 aliphatic heterocycles. The number of carbonyl (C=O) groups excluding carboxylic acids is 1. The van der Waals surface area contributed by atoms with Gasteiger partial charge in [0.2, 0.25) is 6.41 Å². The Morgan fingerprint density at radius 3 is 1.29 bits per heavy atom. The average Bonchev–Trinajstić information content (AvgIpc) is 2.41. The largest absolute Gasteiger partial charge is 0.351 e. The summed E-state index contributed by atoms with van der Waals surface area (Å²) in [5, 5.41) is 0. The fourth-order valence-electron chi connectivity index (χ4n) is 1.26. The summed E-state index contributed by atoms with van der Waals surface area (Å²) in [6.07, 6.45) is 0.750. The molecular formula is C15H17NO. The van der Waals surface area contributed by atoms with Crippen LogP contribution in [0.25, 0.3) is 11.1 Å². The van der Waals surface area contributed by atoms with Crippen LogP contribution in [0.5, 0.6) is 0 Å². The molecule has 17 heavy (non-hydrogen) atoms. The van der Waals surface area contributed by atoms with Gasteiger partial charge in [-0.15, -0.1) is 0 Å². The van der Waals surface area contributed by atoms with E-state index in [1.807, 2.05) is 12.1 Å². The molecule has 0 aliphatic rings. The molecule has 1 amide bonds. The van der Waals surface area contributed by atoms with Crippen LogP contribution in [0.2, 0.25) is 0 Å². The minimum absolute atomic E-state index is 0.750. The molecule has 0 spiro atoms. The summed E-state index contributed by atoms with van der Waals surface area (Å²) in [5.41, 5.74) is 2.55. The van der Waals surface area contributed by atoms with Crippen LogP contribution in [0.4, 0.5) is 0 Å². The lowest BCUT2D eigenvalue weighted by molar-refractivity contribution is -0.115. The smallest absolute Gasteiger partial charge is 0.209 e. The van der Waals surface area contributed by atoms with Crippen molar-refractivity contribution in [3.63, 3.8) is 0 Å². The Hall–Kier alpha value is -2.09. The van der Waals surface area contributed by atoms with E-state index in [0.717, 1.165) is 6.41 Å². The number of carbonyl (C=O) groups is 1. The van der Waals surface area contributed by atoms with E-state index in [4.69, 9.17) is 0 Å². The third kappa shape index (κ3) is 4.98. The van der Waals surface area contributed by atoms with Gasteiger partial charge in [0.25, 0.3) is 0 Å². The zero-order valence-corrected chi connectivity index (χ0v) is 10.2. The molecule has 2 rings (SSSR count). The summed E-state index contributed by atoms with van der Waals surface area (Å²) in [5.74, 6) is 0. The van der Waals surface area contributed by atoms with Crippen molar-refractivity contribution in [2.24, 2.45) is 0 Å². The van der Waals surface area contributed by atoms with Crippen molar-refractivity contribution in [2.45, 2.75) is 0 Å². The standard InChI is InChI=1S/C12H10.C3H7NO/c1-3-7-11(8-4-1)12-9-5-2-6-10-12;1-4(2)3-5/h1-10H;3H,1-2H3. The summed E-state index contributed by atoms with van der Waals surface area (Å²) in [7, 11) is 3.38. The first-order chi connectivity index (χ1) is 8.24. The molecule has 0 bridgehead atoms. The highest BCUT2D eigenvalue weighted by Gasteiger charge is 1.91. The molecule has 2 aromatic carbocycles. The van der Waals surface area contributed by atoms with Crippen LogP contribution < -0.4 is 0 Å². The van der Waals surface area contributed by atoms with Crippen molar-refractivity contribution in [2.75, 3.05) is 14.1 Å². The minimum Gasteiger partial charge on any atom is -0.351 e. The lowest BCUT2D eigenvalue weighted by Gasteiger charge is -1.98. The highest BCUT2D eigenvalue weighted by Crippen LogP contribution is 2.17. The summed E-state index contributed by atoms with van der Waals surface area (Å²) < 4.78 is 0. The molecular weight excluding hydrogens is 210 g/mol. The van der Waals surface area contributed by atoms with Crippen molar-refractivity contribution in [3.05, 3.63) is 60.7 Å². The van der Waals surface area contributed by atoms with E-state index < -0.39 is 0 Å². The first-order valence-corrected chi connectivity index (χ1v) is 5.46. The Labute approximate surface area is 103 Å². The molecule has 2 nitrogen and oxygen atoms in total. The lowest BCUT2D eigenvalue weighted by Crippen LogP contribution is -2.06. The van der Waals surface area contributed by atoms with Gasteiger partial charge in [-0.3, -0.25) is 4.79 Å². The van der Waals surface area contributed by atoms with E-state index in [0.29, 0.717) is 0 Å². The molecule has 0 unspecified atom stereocenters. The van der Waals surface area contributed by atoms with Crippen molar-refractivity contribution >= 4 is 6.41 Å². The Balaban J connectivity index is 0.000000249. The highest BCUT2D eigenvalue weighted by molar-refractivity contribution is 5.62. The van der Waals surface area contributed by atoms with Gasteiger partial charge in [0.1, 0.15) is 0 Å². The topological polar surface area (TPSA) is 20.3 Å². The van der Waals surface area contributed by atoms with Gasteiger partial charge in [-0.25, -0.2) is 0 Å². The second-order valence-corrected chi connectivity index (χ2v) is 3.80. The van der Waals surface area contributed by atoms with Gasteiger partial charge in [-0.05, 0) is 11.1 Å². The van der Waals surface area contributed by atoms with Gasteiger partial charge < -0.3 is 4.90 Å². The number of rotatable bonds is 2. The first kappa shape index (κ1) is 13.0. The van der Waals surface area contributed by atoms with Crippen molar-refractivity contribution in [3.8, 4) is 11.1 Å². The Bertz CT molecular complexity index is 386. The van der Waals surface area contributed by atoms with Gasteiger partial charge in [0.15, 0.2) is 0 Å². The van der Waals surface area contributed by atoms with Gasteiger partial charge in [-0.2, -0.15) is 0 Å². The maximum Gasteiger partial charge on any atom is 0.209 e. The molecule has 2 heteroatoms. The Kier molecular flexibility index (Phi) is 5.52. The Morgan fingerprint density at radius 1 is 0.765 bits per heavy atom. The summed E-state index contributed by atoms with van der Waals surface area (Å²) in [4.78, 5) is 10.9. The molecule has 0 saturated heterocycles. The SMILES string of the molecule is CN(C)C=O.c1ccc(-c2ccccc2)cc1. The zero-order valence-electron chi connectivity index (χ0n) is 10.2. The number of benzene rings is 2. The van der Waals surface area contributed by atoms with Crippen LogP contribution in [-0.2, 0) is 4.79 Å². The van der Waals surface area contributed by atoms with E-state index in [-0.39, 0.29) is 0 Å². The van der Waals surface area contributed by atoms with Gasteiger partial charge in [-0.1, -0.05) is 60.7 Å². The van der Waals surface area contributed by atoms with Crippen LogP contribution >= 0.6 is 0 Å². The third-order valence-corrected chi connectivity index (χ3v) is 2.09. The van der Waals surface area contributed by atoms with Crippen LogP contribution in [0.15, 0.2) is 60.7 Å². The van der Waals surface area contributed by atoms with Gasteiger partial charge in [0, 0.05) is 14.1 Å². The van der Waals surface area contributed by atoms with E-state index in [9.17, 15) is 4.79 Å². The van der Waals surface area contributed by atoms with Gasteiger partial charge in [0.05, 0.1) is 0 Å². The monoisotopic (exact) mass is 227 g/mol. The number of hydrogen-bond donors (Lipinski definition) is 0. The fraction of sp³-hybridized carbons (Fsp3) is 0.133. The first-order valence-electron chi connectivity index (χ1n) is 5.46. The molecule has 2 aromatic rings. The minimum atomic E-state index is 0.750. The molecule has 88 valence electrons. The van der Waals surface area contributed by atoms with Crippen molar-refractivity contribution in [1.29, 1.82) is 0 Å². The summed E-state index contributed by atoms with van der Waals surface area (Å²) in [6, 6.07) is 20.8. The maximum atomic E-state index is 9.43. The maximum absolute atomic E-state index is 9.43. The predicted octanol–water partition coefficient (Wildman–Crippen LogP) is 3.06. The van der Waals surface area contributed by atoms with E-state index in [2.05, 4.69) is 48.5 Å². The molecule has 0 atom stereocenters.